The van der Waals surface area contributed by atoms with Gasteiger partial charge in [-0.25, -0.2) is 0 Å². The molecule has 0 saturated carbocycles. The van der Waals surface area contributed by atoms with E-state index in [-0.39, 0.29) is 48.2 Å². The van der Waals surface area contributed by atoms with E-state index >= 15 is 0 Å². The Kier molecular flexibility index (Phi) is 328. The standard InChI is InChI=1S/CO.3ClH.H4Si.V/c1-2;;;;;/h;3*1H;1H4;/q;;;;;+3/p-3. The SMILES string of the molecule is O=[C]=[V+3].[Cl-].[Cl-].[Cl-].[SiH4]. The van der Waals surface area contributed by atoms with Gasteiger partial charge in [-0.3, -0.25) is 0 Å². The van der Waals surface area contributed by atoms with E-state index in [2.05, 4.69) is 0 Å². The maximum absolute atomic E-state index is 8.65. The summed E-state index contributed by atoms with van der Waals surface area (Å²) in [6.07, 6.45) is 0. The van der Waals surface area contributed by atoms with Gasteiger partial charge in [0.15, 0.2) is 0 Å². The molecule has 0 aliphatic rings. The number of hydrogen-bond donors (Lipinski definition) is 0. The van der Waals surface area contributed by atoms with E-state index < -0.39 is 0 Å². The van der Waals surface area contributed by atoms with Crippen LogP contribution in [-0.2, 0) is 21.8 Å². The summed E-state index contributed by atoms with van der Waals surface area (Å²) < 4.78 is 1.44. The van der Waals surface area contributed by atoms with Crippen LogP contribution < -0.4 is 37.2 Å². The minimum absolute atomic E-state index is 0. The van der Waals surface area contributed by atoms with Crippen molar-refractivity contribution in [2.45, 2.75) is 0 Å². The Morgan fingerprint density at radius 1 is 1.14 bits per heavy atom. The third-order valence-electron chi connectivity index (χ3n) is 0. The molecule has 7 heavy (non-hydrogen) atoms. The van der Waals surface area contributed by atoms with Crippen molar-refractivity contribution in [2.75, 3.05) is 0 Å². The summed E-state index contributed by atoms with van der Waals surface area (Å²) in [6, 6.07) is 0. The van der Waals surface area contributed by atoms with Crippen molar-refractivity contribution in [1.82, 2.24) is 0 Å². The quantitative estimate of drug-likeness (QED) is 0.368. The van der Waals surface area contributed by atoms with Gasteiger partial charge in [0, 0.05) is 0 Å². The summed E-state index contributed by atoms with van der Waals surface area (Å²) in [5.41, 5.74) is 0. The zero-order valence-corrected chi connectivity index (χ0v) is 6.15. The Morgan fingerprint density at radius 2 is 1.14 bits per heavy atom. The van der Waals surface area contributed by atoms with E-state index in [0.29, 0.717) is 0 Å². The van der Waals surface area contributed by atoms with Gasteiger partial charge in [0.2, 0.25) is 0 Å². The molecule has 0 rings (SSSR count). The summed E-state index contributed by atoms with van der Waals surface area (Å²) in [4.78, 5) is 8.65. The molecule has 0 saturated heterocycles. The van der Waals surface area contributed by atoms with Gasteiger partial charge < -0.3 is 37.2 Å². The molecule has 0 aromatic rings. The molecule has 0 spiro atoms. The van der Waals surface area contributed by atoms with E-state index in [0.717, 1.165) is 0 Å². The van der Waals surface area contributed by atoms with Gasteiger partial charge in [-0.05, 0) is 11.0 Å². The Bertz CT molecular complexity index is 35.9. The van der Waals surface area contributed by atoms with Crippen LogP contribution in [0.2, 0.25) is 0 Å². The average molecular weight is 217 g/mol. The van der Waals surface area contributed by atoms with Crippen LogP contribution in [0.25, 0.3) is 0 Å². The first-order chi connectivity index (χ1) is 1.41. The second kappa shape index (κ2) is 55.9. The molecule has 0 unspecified atom stereocenters. The van der Waals surface area contributed by atoms with E-state index in [1.807, 2.05) is 0 Å². The van der Waals surface area contributed by atoms with Gasteiger partial charge >= 0.3 is 26.4 Å². The summed E-state index contributed by atoms with van der Waals surface area (Å²) in [5, 5.41) is 0. The second-order valence-corrected chi connectivity index (χ2v) is 0.376. The largest absolute Gasteiger partial charge is 1.00 e. The maximum atomic E-state index is 8.65. The van der Waals surface area contributed by atoms with E-state index in [9.17, 15) is 0 Å². The topological polar surface area (TPSA) is 17.1 Å². The van der Waals surface area contributed by atoms with E-state index in [4.69, 9.17) is 4.79 Å². The summed E-state index contributed by atoms with van der Waals surface area (Å²) in [7, 11) is 0. The zero-order chi connectivity index (χ0) is 2.71. The van der Waals surface area contributed by atoms with Crippen molar-refractivity contribution in [2.24, 2.45) is 0 Å². The van der Waals surface area contributed by atoms with Crippen molar-refractivity contribution in [1.29, 1.82) is 0 Å². The van der Waals surface area contributed by atoms with Gasteiger partial charge in [-0.15, -0.1) is 0 Å². The summed E-state index contributed by atoms with van der Waals surface area (Å²) >= 11 is 1.66. The first-order valence-corrected chi connectivity index (χ1v) is 1.13. The van der Waals surface area contributed by atoms with Crippen LogP contribution in [0.5, 0.6) is 0 Å². The third kappa shape index (κ3) is 128. The zero-order valence-electron chi connectivity index (χ0n) is 2.49. The van der Waals surface area contributed by atoms with Gasteiger partial charge in [0.05, 0.1) is 0 Å². The third-order valence-corrected chi connectivity index (χ3v) is 0. The van der Waals surface area contributed by atoms with Gasteiger partial charge in [-0.1, -0.05) is 0 Å². The van der Waals surface area contributed by atoms with Gasteiger partial charge in [0.1, 0.15) is 0 Å². The van der Waals surface area contributed by atoms with Crippen LogP contribution in [0.1, 0.15) is 0 Å². The maximum Gasteiger partial charge on any atom is -0.0149 e. The van der Waals surface area contributed by atoms with Crippen LogP contribution in [0.3, 0.4) is 0 Å². The molecule has 0 aromatic carbocycles. The van der Waals surface area contributed by atoms with Crippen LogP contribution in [0.15, 0.2) is 0 Å². The van der Waals surface area contributed by atoms with Crippen LogP contribution in [-0.4, -0.2) is 15.6 Å². The number of carbonyl (C=O) groups excluding carboxylic acids is 1. The molecule has 0 N–H and O–H groups in total. The molecule has 0 fully saturated rings. The van der Waals surface area contributed by atoms with Crippen LogP contribution in [0, 0.1) is 0 Å². The Morgan fingerprint density at radius 3 is 1.14 bits per heavy atom. The molecule has 0 heterocycles. The van der Waals surface area contributed by atoms with E-state index in [1.54, 1.807) is 17.0 Å². The minimum Gasteiger partial charge on any atom is -1.00 e. The predicted octanol–water partition coefficient (Wildman–Crippen LogP) is -10.8. The fraction of sp³-hybridized carbons (Fsp3) is 0. The molecule has 6 heteroatoms. The van der Waals surface area contributed by atoms with Crippen molar-refractivity contribution < 1.29 is 59.0 Å². The summed E-state index contributed by atoms with van der Waals surface area (Å²) in [6.45, 7) is 0. The Hall–Kier alpha value is 1.25. The van der Waals surface area contributed by atoms with E-state index in [1.165, 1.54) is 4.59 Å². The average Bonchev–Trinajstić information content (AvgIpc) is 0.918. The summed E-state index contributed by atoms with van der Waals surface area (Å²) in [5.74, 6) is 0. The minimum atomic E-state index is 0. The Labute approximate surface area is 74.4 Å². The monoisotopic (exact) mass is 216 g/mol. The van der Waals surface area contributed by atoms with Gasteiger partial charge in [-0.2, -0.15) is 0 Å². The first kappa shape index (κ1) is 41.0. The smallest absolute Gasteiger partial charge is 0.0149 e. The molecule has 0 aliphatic carbocycles. The first-order valence-electron chi connectivity index (χ1n) is 0.428. The molecule has 1 nitrogen and oxygen atoms in total. The van der Waals surface area contributed by atoms with Crippen molar-refractivity contribution >= 4 is 15.6 Å². The molecule has 0 radical (unpaired) electrons. The number of hydrogen-bond acceptors (Lipinski definition) is 1. The molecule has 0 aliphatic heterocycles. The molecular weight excluding hydrogens is 213 g/mol. The van der Waals surface area contributed by atoms with Crippen molar-refractivity contribution in [3.05, 3.63) is 0 Å². The molecule has 44 valence electrons. The number of halogens is 3. The van der Waals surface area contributed by atoms with Crippen molar-refractivity contribution in [3.63, 3.8) is 0 Å². The fourth-order valence-electron chi connectivity index (χ4n) is 0. The van der Waals surface area contributed by atoms with Crippen molar-refractivity contribution in [3.8, 4) is 0 Å². The Balaban J connectivity index is -0.00000000333. The number of rotatable bonds is 0. The molecule has 0 amide bonds. The molecule has 0 atom stereocenters. The molecule has 0 bridgehead atoms. The fourth-order valence-corrected chi connectivity index (χ4v) is 0. The molecule has 0 aromatic heterocycles. The van der Waals surface area contributed by atoms with Crippen LogP contribution >= 0.6 is 0 Å². The van der Waals surface area contributed by atoms with Gasteiger partial charge in [0.25, 0.3) is 0 Å². The van der Waals surface area contributed by atoms with Crippen LogP contribution in [0.4, 0.5) is 0 Å². The predicted molar refractivity (Wildman–Crippen MR) is 17.0 cm³/mol. The molecular formula is CH4Cl3OSiV. The normalized spacial score (nSPS) is 1.43. The second-order valence-electron chi connectivity index (χ2n) is 0.0913.